The molecular weight excluding hydrogens is 312 g/mol. The number of hydrogen-bond donors (Lipinski definition) is 1. The number of carbonyl (C=O) groups is 1. The molecule has 1 atom stereocenters. The van der Waals surface area contributed by atoms with Gasteiger partial charge in [0, 0.05) is 31.4 Å². The van der Waals surface area contributed by atoms with Gasteiger partial charge in [0.05, 0.1) is 4.92 Å². The molecule has 8 heteroatoms. The van der Waals surface area contributed by atoms with E-state index in [1.165, 1.54) is 6.07 Å². The molecule has 1 aromatic rings. The molecule has 0 bridgehead atoms. The second kappa shape index (κ2) is 7.46. The van der Waals surface area contributed by atoms with Crippen LogP contribution in [-0.2, 0) is 4.74 Å². The molecule has 1 aliphatic rings. The molecule has 1 fully saturated rings. The highest BCUT2D eigenvalue weighted by atomic mass is 16.6. The number of anilines is 1. The summed E-state index contributed by atoms with van der Waals surface area (Å²) in [7, 11) is 0. The van der Waals surface area contributed by atoms with Gasteiger partial charge in [0.2, 0.25) is 5.82 Å². The highest BCUT2D eigenvalue weighted by molar-refractivity contribution is 5.68. The van der Waals surface area contributed by atoms with Gasteiger partial charge in [0.25, 0.3) is 0 Å². The van der Waals surface area contributed by atoms with Crippen LogP contribution in [0.1, 0.15) is 40.0 Å². The van der Waals surface area contributed by atoms with E-state index >= 15 is 0 Å². The average Bonchev–Trinajstić information content (AvgIpc) is 2.51. The van der Waals surface area contributed by atoms with E-state index in [-0.39, 0.29) is 11.7 Å². The van der Waals surface area contributed by atoms with E-state index in [0.29, 0.717) is 18.9 Å². The lowest BCUT2D eigenvalue weighted by atomic mass is 10.0. The first-order chi connectivity index (χ1) is 11.3. The SMILES string of the molecule is CC(C)(C)OC(=O)NCC1CCCCN1c1ncccc1[N+](=O)[O-]. The molecule has 0 spiro atoms. The maximum Gasteiger partial charge on any atom is 0.407 e. The highest BCUT2D eigenvalue weighted by Crippen LogP contribution is 2.30. The van der Waals surface area contributed by atoms with Crippen LogP contribution in [-0.4, -0.2) is 40.7 Å². The first-order valence-corrected chi connectivity index (χ1v) is 8.11. The predicted molar refractivity (Wildman–Crippen MR) is 90.1 cm³/mol. The number of pyridine rings is 1. The van der Waals surface area contributed by atoms with E-state index in [1.54, 1.807) is 33.0 Å². The fourth-order valence-electron chi connectivity index (χ4n) is 2.76. The van der Waals surface area contributed by atoms with Crippen LogP contribution in [0.25, 0.3) is 0 Å². The van der Waals surface area contributed by atoms with Gasteiger partial charge in [0.1, 0.15) is 5.60 Å². The number of alkyl carbamates (subject to hydrolysis) is 1. The van der Waals surface area contributed by atoms with Gasteiger partial charge in [-0.15, -0.1) is 0 Å². The van der Waals surface area contributed by atoms with Crippen molar-refractivity contribution in [3.05, 3.63) is 28.4 Å². The molecule has 1 amide bonds. The zero-order valence-electron chi connectivity index (χ0n) is 14.3. The van der Waals surface area contributed by atoms with Gasteiger partial charge in [-0.3, -0.25) is 10.1 Å². The van der Waals surface area contributed by atoms with E-state index in [4.69, 9.17) is 4.74 Å². The molecular formula is C16H24N4O4. The van der Waals surface area contributed by atoms with Crippen molar-refractivity contribution in [3.63, 3.8) is 0 Å². The van der Waals surface area contributed by atoms with E-state index in [1.807, 2.05) is 4.90 Å². The molecule has 24 heavy (non-hydrogen) atoms. The maximum atomic E-state index is 11.8. The molecule has 8 nitrogen and oxygen atoms in total. The molecule has 0 aliphatic carbocycles. The summed E-state index contributed by atoms with van der Waals surface area (Å²) in [5.41, 5.74) is -0.572. The van der Waals surface area contributed by atoms with E-state index in [0.717, 1.165) is 19.3 Å². The van der Waals surface area contributed by atoms with Gasteiger partial charge in [-0.2, -0.15) is 0 Å². The Labute approximate surface area is 141 Å². The second-order valence-corrected chi connectivity index (χ2v) is 6.83. The lowest BCUT2D eigenvalue weighted by Gasteiger charge is -2.36. The van der Waals surface area contributed by atoms with Crippen molar-refractivity contribution in [2.75, 3.05) is 18.0 Å². The Hall–Kier alpha value is -2.38. The Morgan fingerprint density at radius 3 is 2.92 bits per heavy atom. The molecule has 132 valence electrons. The number of ether oxygens (including phenoxy) is 1. The van der Waals surface area contributed by atoms with Crippen molar-refractivity contribution in [1.82, 2.24) is 10.3 Å². The highest BCUT2D eigenvalue weighted by Gasteiger charge is 2.29. The van der Waals surface area contributed by atoms with Crippen molar-refractivity contribution >= 4 is 17.6 Å². The molecule has 1 aromatic heterocycles. The Kier molecular flexibility index (Phi) is 5.58. The number of nitro groups is 1. The van der Waals surface area contributed by atoms with Crippen LogP contribution < -0.4 is 10.2 Å². The minimum atomic E-state index is -0.559. The molecule has 1 N–H and O–H groups in total. The van der Waals surface area contributed by atoms with Crippen molar-refractivity contribution in [1.29, 1.82) is 0 Å². The van der Waals surface area contributed by atoms with Crippen molar-refractivity contribution < 1.29 is 14.5 Å². The lowest BCUT2D eigenvalue weighted by molar-refractivity contribution is -0.384. The quantitative estimate of drug-likeness (QED) is 0.670. The zero-order chi connectivity index (χ0) is 17.7. The van der Waals surface area contributed by atoms with Crippen LogP contribution in [0.15, 0.2) is 18.3 Å². The number of carbonyl (C=O) groups excluding carboxylic acids is 1. The minimum Gasteiger partial charge on any atom is -0.444 e. The number of nitrogens with zero attached hydrogens (tertiary/aromatic N) is 3. The average molecular weight is 336 g/mol. The van der Waals surface area contributed by atoms with Gasteiger partial charge in [-0.25, -0.2) is 9.78 Å². The number of amides is 1. The second-order valence-electron chi connectivity index (χ2n) is 6.83. The Bertz CT molecular complexity index is 600. The van der Waals surface area contributed by atoms with Gasteiger partial charge in [-0.1, -0.05) is 0 Å². The zero-order valence-corrected chi connectivity index (χ0v) is 14.3. The summed E-state index contributed by atoms with van der Waals surface area (Å²) in [4.78, 5) is 28.8. The third-order valence-electron chi connectivity index (χ3n) is 3.74. The van der Waals surface area contributed by atoms with Crippen LogP contribution in [0, 0.1) is 10.1 Å². The topological polar surface area (TPSA) is 97.6 Å². The smallest absolute Gasteiger partial charge is 0.407 e. The van der Waals surface area contributed by atoms with Gasteiger partial charge >= 0.3 is 11.8 Å². The summed E-state index contributed by atoms with van der Waals surface area (Å²) in [6, 6.07) is 2.97. The monoisotopic (exact) mass is 336 g/mol. The van der Waals surface area contributed by atoms with Crippen LogP contribution in [0.4, 0.5) is 16.3 Å². The first kappa shape index (κ1) is 18.0. The van der Waals surface area contributed by atoms with Gasteiger partial charge in [0.15, 0.2) is 0 Å². The predicted octanol–water partition coefficient (Wildman–Crippen LogP) is 2.87. The van der Waals surface area contributed by atoms with Crippen LogP contribution in [0.3, 0.4) is 0 Å². The number of aromatic nitrogens is 1. The summed E-state index contributed by atoms with van der Waals surface area (Å²) in [5.74, 6) is 0.359. The maximum absolute atomic E-state index is 11.8. The Morgan fingerprint density at radius 2 is 2.25 bits per heavy atom. The molecule has 0 aromatic carbocycles. The Balaban J connectivity index is 2.09. The molecule has 2 rings (SSSR count). The minimum absolute atomic E-state index is 0.0123. The van der Waals surface area contributed by atoms with Crippen molar-refractivity contribution in [2.24, 2.45) is 0 Å². The number of nitrogens with one attached hydrogen (secondary N) is 1. The molecule has 1 saturated heterocycles. The van der Waals surface area contributed by atoms with Gasteiger partial charge < -0.3 is 15.0 Å². The fraction of sp³-hybridized carbons (Fsp3) is 0.625. The molecule has 2 heterocycles. The van der Waals surface area contributed by atoms with E-state index in [2.05, 4.69) is 10.3 Å². The van der Waals surface area contributed by atoms with Gasteiger partial charge in [-0.05, 0) is 46.1 Å². The Morgan fingerprint density at radius 1 is 1.50 bits per heavy atom. The fourth-order valence-corrected chi connectivity index (χ4v) is 2.76. The summed E-state index contributed by atoms with van der Waals surface area (Å²) >= 11 is 0. The summed E-state index contributed by atoms with van der Waals surface area (Å²) in [6.07, 6.45) is 3.86. The van der Waals surface area contributed by atoms with E-state index < -0.39 is 16.6 Å². The number of hydrogen-bond acceptors (Lipinski definition) is 6. The summed E-state index contributed by atoms with van der Waals surface area (Å²) in [6.45, 7) is 6.45. The number of piperidine rings is 1. The molecule has 0 saturated carbocycles. The van der Waals surface area contributed by atoms with Crippen LogP contribution in [0.5, 0.6) is 0 Å². The third-order valence-corrected chi connectivity index (χ3v) is 3.74. The lowest BCUT2D eigenvalue weighted by Crippen LogP contribution is -2.48. The standard InChI is InChI=1S/C16H24N4O4/c1-16(2,3)24-15(21)18-11-12-7-4-5-10-19(12)14-13(20(22)23)8-6-9-17-14/h6,8-9,12H,4-5,7,10-11H2,1-3H3,(H,18,21). The number of rotatable bonds is 4. The largest absolute Gasteiger partial charge is 0.444 e. The molecule has 1 aliphatic heterocycles. The summed E-state index contributed by atoms with van der Waals surface area (Å²) < 4.78 is 5.24. The van der Waals surface area contributed by atoms with E-state index in [9.17, 15) is 14.9 Å². The van der Waals surface area contributed by atoms with Crippen molar-refractivity contribution in [3.8, 4) is 0 Å². The normalized spacial score (nSPS) is 18.1. The van der Waals surface area contributed by atoms with Crippen molar-refractivity contribution in [2.45, 2.75) is 51.7 Å². The van der Waals surface area contributed by atoms with Crippen LogP contribution in [0.2, 0.25) is 0 Å². The first-order valence-electron chi connectivity index (χ1n) is 8.11. The molecule has 1 unspecified atom stereocenters. The van der Waals surface area contributed by atoms with Crippen LogP contribution >= 0.6 is 0 Å². The third kappa shape index (κ3) is 4.81. The molecule has 0 radical (unpaired) electrons. The summed E-state index contributed by atoms with van der Waals surface area (Å²) in [5, 5.41) is 14.0.